The third kappa shape index (κ3) is 2.29. The highest BCUT2D eigenvalue weighted by molar-refractivity contribution is 7.71. The Hall–Kier alpha value is -2.31. The number of ether oxygens (including phenoxy) is 1. The van der Waals surface area contributed by atoms with E-state index in [1.54, 1.807) is 18.4 Å². The van der Waals surface area contributed by atoms with Gasteiger partial charge in [0, 0.05) is 11.1 Å². The van der Waals surface area contributed by atoms with Crippen LogP contribution in [0.25, 0.3) is 31.6 Å². The summed E-state index contributed by atoms with van der Waals surface area (Å²) in [5, 5.41) is 1.17. The zero-order valence-corrected chi connectivity index (χ0v) is 16.2. The maximum atomic E-state index is 5.52. The number of H-pyrrole nitrogens is 1. The number of fused-ring (bicyclic) bond motifs is 4. The van der Waals surface area contributed by atoms with Gasteiger partial charge in [-0.15, -0.1) is 11.3 Å². The zero-order chi connectivity index (χ0) is 17.8. The van der Waals surface area contributed by atoms with Crippen LogP contribution in [0.2, 0.25) is 0 Å². The van der Waals surface area contributed by atoms with Gasteiger partial charge in [-0.1, -0.05) is 24.4 Å². The van der Waals surface area contributed by atoms with Gasteiger partial charge < -0.3 is 9.72 Å². The zero-order valence-electron chi connectivity index (χ0n) is 14.5. The van der Waals surface area contributed by atoms with E-state index in [0.29, 0.717) is 4.64 Å². The summed E-state index contributed by atoms with van der Waals surface area (Å²) >= 11 is 7.16. The highest BCUT2D eigenvalue weighted by atomic mass is 32.1. The van der Waals surface area contributed by atoms with E-state index in [1.165, 1.54) is 27.8 Å². The molecular formula is C20H17N3OS2. The quantitative estimate of drug-likeness (QED) is 0.475. The van der Waals surface area contributed by atoms with Crippen LogP contribution in [0.15, 0.2) is 24.3 Å². The maximum absolute atomic E-state index is 5.52. The number of aromatic amines is 1. The molecule has 0 aliphatic heterocycles. The molecule has 0 bridgehead atoms. The summed E-state index contributed by atoms with van der Waals surface area (Å²) in [6.07, 6.45) is 3.28. The SMILES string of the molecule is COc1ccc(-c2c3c(nc4sc5c(=S)nc(C)[nH]c5c24)CCC3)cc1. The van der Waals surface area contributed by atoms with Crippen LogP contribution in [-0.4, -0.2) is 22.1 Å². The Morgan fingerprint density at radius 2 is 1.96 bits per heavy atom. The van der Waals surface area contributed by atoms with Crippen LogP contribution < -0.4 is 4.74 Å². The van der Waals surface area contributed by atoms with Crippen molar-refractivity contribution in [1.29, 1.82) is 0 Å². The summed E-state index contributed by atoms with van der Waals surface area (Å²) in [6, 6.07) is 8.32. The molecule has 26 heavy (non-hydrogen) atoms. The van der Waals surface area contributed by atoms with Crippen molar-refractivity contribution in [2.75, 3.05) is 7.11 Å². The Balaban J connectivity index is 1.94. The number of methoxy groups -OCH3 is 1. The summed E-state index contributed by atoms with van der Waals surface area (Å²) < 4.78 is 7.01. The standard InChI is InChI=1S/C20H17N3OS2/c1-10-21-17-16-15(11-6-8-12(24-2)9-7-11)13-4-3-5-14(13)23-20(16)26-18(17)19(25)22-10/h6-9H,3-5H2,1-2H3,(H,21,22,25). The van der Waals surface area contributed by atoms with Gasteiger partial charge in [0.2, 0.25) is 0 Å². The first-order valence-corrected chi connectivity index (χ1v) is 9.87. The Labute approximate surface area is 159 Å². The molecule has 0 atom stereocenters. The van der Waals surface area contributed by atoms with E-state index in [9.17, 15) is 0 Å². The average molecular weight is 380 g/mol. The van der Waals surface area contributed by atoms with E-state index in [4.69, 9.17) is 21.9 Å². The second-order valence-electron chi connectivity index (χ2n) is 6.61. The minimum absolute atomic E-state index is 0.653. The molecule has 5 rings (SSSR count). The molecular weight excluding hydrogens is 362 g/mol. The second kappa shape index (κ2) is 5.86. The van der Waals surface area contributed by atoms with Gasteiger partial charge >= 0.3 is 0 Å². The topological polar surface area (TPSA) is 50.8 Å². The number of rotatable bonds is 2. The lowest BCUT2D eigenvalue weighted by atomic mass is 9.96. The lowest BCUT2D eigenvalue weighted by Gasteiger charge is -2.12. The first-order valence-electron chi connectivity index (χ1n) is 8.65. The molecule has 0 saturated heterocycles. The lowest BCUT2D eigenvalue weighted by Crippen LogP contribution is -1.95. The van der Waals surface area contributed by atoms with Crippen LogP contribution in [0, 0.1) is 11.6 Å². The van der Waals surface area contributed by atoms with Gasteiger partial charge in [0.1, 0.15) is 21.0 Å². The number of aromatic nitrogens is 3. The van der Waals surface area contributed by atoms with Crippen molar-refractivity contribution in [2.24, 2.45) is 0 Å². The Bertz CT molecular complexity index is 1220. The number of aryl methyl sites for hydroxylation is 2. The molecule has 1 aliphatic carbocycles. The Morgan fingerprint density at radius 3 is 2.73 bits per heavy atom. The largest absolute Gasteiger partial charge is 0.497 e. The van der Waals surface area contributed by atoms with Crippen LogP contribution in [-0.2, 0) is 12.8 Å². The fourth-order valence-electron chi connectivity index (χ4n) is 3.88. The highest BCUT2D eigenvalue weighted by Crippen LogP contribution is 2.43. The van der Waals surface area contributed by atoms with Gasteiger partial charge in [0.25, 0.3) is 0 Å². The van der Waals surface area contributed by atoms with Gasteiger partial charge in [0.05, 0.1) is 17.3 Å². The van der Waals surface area contributed by atoms with Crippen LogP contribution in [0.5, 0.6) is 5.75 Å². The van der Waals surface area contributed by atoms with E-state index in [2.05, 4.69) is 22.1 Å². The molecule has 4 nitrogen and oxygen atoms in total. The van der Waals surface area contributed by atoms with Crippen molar-refractivity contribution in [1.82, 2.24) is 15.0 Å². The molecule has 0 unspecified atom stereocenters. The monoisotopic (exact) mass is 379 g/mol. The normalized spacial score (nSPS) is 13.5. The molecule has 3 heterocycles. The molecule has 0 amide bonds. The van der Waals surface area contributed by atoms with E-state index < -0.39 is 0 Å². The number of benzene rings is 1. The molecule has 0 fully saturated rings. The van der Waals surface area contributed by atoms with Crippen molar-refractivity contribution in [2.45, 2.75) is 26.2 Å². The molecule has 6 heteroatoms. The van der Waals surface area contributed by atoms with Crippen molar-refractivity contribution in [3.63, 3.8) is 0 Å². The molecule has 1 N–H and O–H groups in total. The minimum atomic E-state index is 0.653. The molecule has 1 aliphatic rings. The first kappa shape index (κ1) is 15.9. The Morgan fingerprint density at radius 1 is 1.15 bits per heavy atom. The molecule has 0 radical (unpaired) electrons. The molecule has 0 spiro atoms. The van der Waals surface area contributed by atoms with E-state index in [0.717, 1.165) is 45.9 Å². The van der Waals surface area contributed by atoms with Gasteiger partial charge in [-0.3, -0.25) is 0 Å². The maximum Gasteiger partial charge on any atom is 0.147 e. The van der Waals surface area contributed by atoms with Crippen LogP contribution in [0.3, 0.4) is 0 Å². The van der Waals surface area contributed by atoms with Crippen molar-refractivity contribution < 1.29 is 4.74 Å². The second-order valence-corrected chi connectivity index (χ2v) is 7.99. The Kier molecular flexibility index (Phi) is 3.58. The number of pyridine rings is 1. The van der Waals surface area contributed by atoms with Crippen molar-refractivity contribution >= 4 is 44.0 Å². The van der Waals surface area contributed by atoms with Crippen LogP contribution >= 0.6 is 23.6 Å². The molecule has 4 aromatic rings. The third-order valence-electron chi connectivity index (χ3n) is 5.01. The lowest BCUT2D eigenvalue weighted by molar-refractivity contribution is 0.415. The highest BCUT2D eigenvalue weighted by Gasteiger charge is 2.24. The number of hydrogen-bond donors (Lipinski definition) is 1. The van der Waals surface area contributed by atoms with Crippen LogP contribution in [0.4, 0.5) is 0 Å². The van der Waals surface area contributed by atoms with Crippen LogP contribution in [0.1, 0.15) is 23.5 Å². The fourth-order valence-corrected chi connectivity index (χ4v) is 5.29. The number of nitrogens with one attached hydrogen (secondary N) is 1. The summed E-state index contributed by atoms with van der Waals surface area (Å²) in [7, 11) is 1.69. The number of hydrogen-bond acceptors (Lipinski definition) is 5. The van der Waals surface area contributed by atoms with Gasteiger partial charge in [-0.2, -0.15) is 0 Å². The fraction of sp³-hybridized carbons (Fsp3) is 0.250. The third-order valence-corrected chi connectivity index (χ3v) is 6.53. The van der Waals surface area contributed by atoms with Crippen molar-refractivity contribution in [3.05, 3.63) is 46.0 Å². The number of thiophene rings is 1. The predicted octanol–water partition coefficient (Wildman–Crippen LogP) is 5.37. The molecule has 130 valence electrons. The minimum Gasteiger partial charge on any atom is -0.497 e. The number of nitrogens with zero attached hydrogens (tertiary/aromatic N) is 2. The molecule has 0 saturated carbocycles. The summed E-state index contributed by atoms with van der Waals surface area (Å²) in [5.41, 5.74) is 6.15. The molecule has 1 aromatic carbocycles. The van der Waals surface area contributed by atoms with Gasteiger partial charge in [-0.05, 0) is 55.0 Å². The van der Waals surface area contributed by atoms with Gasteiger partial charge in [-0.25, -0.2) is 9.97 Å². The summed E-state index contributed by atoms with van der Waals surface area (Å²) in [4.78, 5) is 13.9. The summed E-state index contributed by atoms with van der Waals surface area (Å²) in [6.45, 7) is 1.95. The van der Waals surface area contributed by atoms with Crippen molar-refractivity contribution in [3.8, 4) is 16.9 Å². The van der Waals surface area contributed by atoms with Gasteiger partial charge in [0.15, 0.2) is 0 Å². The smallest absolute Gasteiger partial charge is 0.147 e. The van der Waals surface area contributed by atoms with E-state index in [1.807, 2.05) is 19.1 Å². The predicted molar refractivity (Wildman–Crippen MR) is 109 cm³/mol. The van der Waals surface area contributed by atoms with E-state index >= 15 is 0 Å². The molecule has 3 aromatic heterocycles. The van der Waals surface area contributed by atoms with E-state index in [-0.39, 0.29) is 0 Å². The summed E-state index contributed by atoms with van der Waals surface area (Å²) in [5.74, 6) is 1.70. The first-order chi connectivity index (χ1) is 12.7. The average Bonchev–Trinajstić information content (AvgIpc) is 3.24.